The molecule has 1 atom stereocenters. The van der Waals surface area contributed by atoms with Gasteiger partial charge in [0.25, 0.3) is 0 Å². The quantitative estimate of drug-likeness (QED) is 0.801. The summed E-state index contributed by atoms with van der Waals surface area (Å²) in [6, 6.07) is 5.70. The van der Waals surface area contributed by atoms with Crippen molar-refractivity contribution in [3.63, 3.8) is 0 Å². The molecule has 106 valence electrons. The summed E-state index contributed by atoms with van der Waals surface area (Å²) in [6.07, 6.45) is 0. The van der Waals surface area contributed by atoms with Gasteiger partial charge in [0.15, 0.2) is 0 Å². The Bertz CT molecular complexity index is 429. The molecule has 0 amide bonds. The van der Waals surface area contributed by atoms with Crippen LogP contribution in [0.5, 0.6) is 5.75 Å². The molecule has 1 aromatic rings. The van der Waals surface area contributed by atoms with Crippen molar-refractivity contribution in [2.45, 2.75) is 39.8 Å². The Balaban J connectivity index is 2.67. The number of carbonyl (C=O) groups excluding carboxylic acids is 1. The van der Waals surface area contributed by atoms with E-state index in [0.29, 0.717) is 0 Å². The molecule has 1 N–H and O–H groups in total. The number of benzene rings is 1. The van der Waals surface area contributed by atoms with Gasteiger partial charge in [-0.3, -0.25) is 10.1 Å². The Morgan fingerprint density at radius 1 is 1.32 bits per heavy atom. The largest absolute Gasteiger partial charge is 0.491 e. The van der Waals surface area contributed by atoms with Crippen LogP contribution in [0.2, 0.25) is 0 Å². The normalized spacial score (nSPS) is 12.3. The van der Waals surface area contributed by atoms with Gasteiger partial charge in [-0.15, -0.1) is 0 Å². The molecule has 4 heteroatoms. The molecule has 1 unspecified atom stereocenters. The summed E-state index contributed by atoms with van der Waals surface area (Å²) in [6.45, 7) is 8.24. The van der Waals surface area contributed by atoms with E-state index < -0.39 is 6.04 Å². The topological polar surface area (TPSA) is 47.6 Å². The number of hydrogen-bond acceptors (Lipinski definition) is 4. The van der Waals surface area contributed by atoms with Crippen molar-refractivity contribution in [1.29, 1.82) is 0 Å². The van der Waals surface area contributed by atoms with E-state index in [9.17, 15) is 4.79 Å². The molecule has 0 saturated heterocycles. The van der Waals surface area contributed by atoms with Gasteiger partial charge in [-0.25, -0.2) is 0 Å². The number of aryl methyl sites for hydroxylation is 2. The van der Waals surface area contributed by atoms with Gasteiger partial charge in [0.2, 0.25) is 0 Å². The third-order valence-corrected chi connectivity index (χ3v) is 2.76. The van der Waals surface area contributed by atoms with E-state index in [1.807, 2.05) is 39.8 Å². The molecule has 0 heterocycles. The highest BCUT2D eigenvalue weighted by atomic mass is 16.5. The van der Waals surface area contributed by atoms with Gasteiger partial charge in [-0.2, -0.15) is 0 Å². The number of carbonyl (C=O) groups is 1. The first-order valence-corrected chi connectivity index (χ1v) is 6.48. The van der Waals surface area contributed by atoms with Gasteiger partial charge in [-0.05, 0) is 25.5 Å². The van der Waals surface area contributed by atoms with Crippen molar-refractivity contribution in [2.24, 2.45) is 0 Å². The zero-order valence-corrected chi connectivity index (χ0v) is 12.3. The highest BCUT2D eigenvalue weighted by molar-refractivity contribution is 5.75. The number of hydrogen-bond donors (Lipinski definition) is 1. The van der Waals surface area contributed by atoms with Crippen molar-refractivity contribution in [3.05, 3.63) is 29.3 Å². The number of methoxy groups -OCH3 is 1. The standard InChI is InChI=1S/C15H23NO3/c1-10(2)16-13(15(17)18-5)9-19-14-7-6-11(3)8-12(14)4/h6-8,10,13,16H,9H2,1-5H3. The van der Waals surface area contributed by atoms with Crippen LogP contribution in [0.25, 0.3) is 0 Å². The van der Waals surface area contributed by atoms with Gasteiger partial charge in [0.05, 0.1) is 7.11 Å². The second-order valence-electron chi connectivity index (χ2n) is 4.98. The maximum atomic E-state index is 11.6. The molecule has 0 aromatic heterocycles. The van der Waals surface area contributed by atoms with Crippen molar-refractivity contribution < 1.29 is 14.3 Å². The van der Waals surface area contributed by atoms with Crippen LogP contribution in [0, 0.1) is 13.8 Å². The lowest BCUT2D eigenvalue weighted by Crippen LogP contribution is -2.45. The average Bonchev–Trinajstić information content (AvgIpc) is 2.34. The van der Waals surface area contributed by atoms with E-state index in [4.69, 9.17) is 9.47 Å². The van der Waals surface area contributed by atoms with E-state index in [2.05, 4.69) is 11.4 Å². The Labute approximate surface area is 115 Å². The molecule has 19 heavy (non-hydrogen) atoms. The van der Waals surface area contributed by atoms with E-state index >= 15 is 0 Å². The van der Waals surface area contributed by atoms with Crippen LogP contribution in [0.15, 0.2) is 18.2 Å². The molecule has 0 saturated carbocycles. The maximum Gasteiger partial charge on any atom is 0.326 e. The van der Waals surface area contributed by atoms with Crippen molar-refractivity contribution in [2.75, 3.05) is 13.7 Å². The summed E-state index contributed by atoms with van der Waals surface area (Å²) >= 11 is 0. The van der Waals surface area contributed by atoms with Crippen molar-refractivity contribution in [1.82, 2.24) is 5.32 Å². The minimum absolute atomic E-state index is 0.187. The molecular weight excluding hydrogens is 242 g/mol. The predicted octanol–water partition coefficient (Wildman–Crippen LogP) is 2.22. The molecule has 1 rings (SSSR count). The smallest absolute Gasteiger partial charge is 0.326 e. The fourth-order valence-electron chi connectivity index (χ4n) is 1.86. The third kappa shape index (κ3) is 4.91. The lowest BCUT2D eigenvalue weighted by molar-refractivity contribution is -0.144. The summed E-state index contributed by atoms with van der Waals surface area (Å²) in [7, 11) is 1.38. The predicted molar refractivity (Wildman–Crippen MR) is 75.5 cm³/mol. The van der Waals surface area contributed by atoms with Gasteiger partial charge in [0, 0.05) is 6.04 Å². The molecule has 0 bridgehead atoms. The Morgan fingerprint density at radius 2 is 2.00 bits per heavy atom. The van der Waals surface area contributed by atoms with Crippen LogP contribution in [0.3, 0.4) is 0 Å². The fraction of sp³-hybridized carbons (Fsp3) is 0.533. The van der Waals surface area contributed by atoms with Crippen LogP contribution in [0.1, 0.15) is 25.0 Å². The second-order valence-corrected chi connectivity index (χ2v) is 4.98. The highest BCUT2D eigenvalue weighted by Crippen LogP contribution is 2.18. The SMILES string of the molecule is COC(=O)C(COc1ccc(C)cc1C)NC(C)C. The zero-order valence-electron chi connectivity index (χ0n) is 12.3. The molecule has 0 aliphatic rings. The number of nitrogens with one attached hydrogen (secondary N) is 1. The summed E-state index contributed by atoms with van der Waals surface area (Å²) in [5, 5.41) is 3.13. The monoisotopic (exact) mass is 265 g/mol. The van der Waals surface area contributed by atoms with E-state index in [0.717, 1.165) is 11.3 Å². The molecule has 0 aliphatic carbocycles. The van der Waals surface area contributed by atoms with E-state index in [1.165, 1.54) is 12.7 Å². The van der Waals surface area contributed by atoms with Crippen LogP contribution >= 0.6 is 0 Å². The molecule has 0 aliphatic heterocycles. The Kier molecular flexibility index (Phi) is 5.83. The maximum absolute atomic E-state index is 11.6. The van der Waals surface area contributed by atoms with Crippen LogP contribution in [-0.2, 0) is 9.53 Å². The van der Waals surface area contributed by atoms with Gasteiger partial charge < -0.3 is 9.47 Å². The Morgan fingerprint density at radius 3 is 2.53 bits per heavy atom. The molecule has 1 aromatic carbocycles. The zero-order chi connectivity index (χ0) is 14.4. The molecule has 0 fully saturated rings. The minimum Gasteiger partial charge on any atom is -0.491 e. The molecule has 0 spiro atoms. The highest BCUT2D eigenvalue weighted by Gasteiger charge is 2.20. The molecular formula is C15H23NO3. The summed E-state index contributed by atoms with van der Waals surface area (Å²) < 4.78 is 10.5. The van der Waals surface area contributed by atoms with E-state index in [-0.39, 0.29) is 18.6 Å². The minimum atomic E-state index is -0.453. The van der Waals surface area contributed by atoms with E-state index in [1.54, 1.807) is 0 Å². The van der Waals surface area contributed by atoms with Crippen molar-refractivity contribution in [3.8, 4) is 5.75 Å². The molecule has 0 radical (unpaired) electrons. The summed E-state index contributed by atoms with van der Waals surface area (Å²) in [4.78, 5) is 11.6. The second kappa shape index (κ2) is 7.14. The fourth-order valence-corrected chi connectivity index (χ4v) is 1.86. The first kappa shape index (κ1) is 15.5. The first-order valence-electron chi connectivity index (χ1n) is 6.48. The van der Waals surface area contributed by atoms with Crippen LogP contribution < -0.4 is 10.1 Å². The Hall–Kier alpha value is -1.55. The third-order valence-electron chi connectivity index (χ3n) is 2.76. The van der Waals surface area contributed by atoms with Gasteiger partial charge in [-0.1, -0.05) is 31.5 Å². The van der Waals surface area contributed by atoms with Crippen LogP contribution in [0.4, 0.5) is 0 Å². The number of ether oxygens (including phenoxy) is 2. The average molecular weight is 265 g/mol. The lowest BCUT2D eigenvalue weighted by Gasteiger charge is -2.20. The van der Waals surface area contributed by atoms with Crippen molar-refractivity contribution >= 4 is 5.97 Å². The summed E-state index contributed by atoms with van der Waals surface area (Å²) in [5.41, 5.74) is 2.25. The number of esters is 1. The lowest BCUT2D eigenvalue weighted by atomic mass is 10.1. The summed E-state index contributed by atoms with van der Waals surface area (Å²) in [5.74, 6) is 0.489. The first-order chi connectivity index (χ1) is 8.93. The van der Waals surface area contributed by atoms with Gasteiger partial charge in [0.1, 0.15) is 18.4 Å². The van der Waals surface area contributed by atoms with Gasteiger partial charge >= 0.3 is 5.97 Å². The number of rotatable bonds is 6. The molecule has 4 nitrogen and oxygen atoms in total. The van der Waals surface area contributed by atoms with Crippen LogP contribution in [-0.4, -0.2) is 31.8 Å².